The van der Waals surface area contributed by atoms with Gasteiger partial charge in [-0.05, 0) is 55.4 Å². The second kappa shape index (κ2) is 33.9. The number of rotatable bonds is 9. The first-order valence-corrected chi connectivity index (χ1v) is 9.43. The average Bonchev–Trinajstić information content (AvgIpc) is 2.52. The first-order valence-electron chi connectivity index (χ1n) is 8.55. The summed E-state index contributed by atoms with van der Waals surface area (Å²) >= 11 is 10.9. The van der Waals surface area contributed by atoms with Crippen LogP contribution in [0.3, 0.4) is 0 Å². The van der Waals surface area contributed by atoms with Gasteiger partial charge in [0.25, 0.3) is 0 Å². The maximum absolute atomic E-state index is 5.45. The first kappa shape index (κ1) is 31.2. The van der Waals surface area contributed by atoms with Crippen molar-refractivity contribution in [2.24, 2.45) is 0 Å². The van der Waals surface area contributed by atoms with Crippen LogP contribution >= 0.6 is 23.2 Å². The normalized spacial score (nSPS) is 10.6. The smallest absolute Gasteiger partial charge is 0.133 e. The molecule has 0 aliphatic heterocycles. The summed E-state index contributed by atoms with van der Waals surface area (Å²) in [5, 5.41) is 0. The molecule has 0 fully saturated rings. The molecule has 0 radical (unpaired) electrons. The summed E-state index contributed by atoms with van der Waals surface area (Å²) in [6.07, 6.45) is -0.0525. The quantitative estimate of drug-likeness (QED) is 0.507. The van der Waals surface area contributed by atoms with Gasteiger partial charge < -0.3 is 18.9 Å². The van der Waals surface area contributed by atoms with E-state index in [-0.39, 0.29) is 6.10 Å². The Balaban J connectivity index is -0.000000108. The zero-order valence-corrected chi connectivity index (χ0v) is 18.0. The van der Waals surface area contributed by atoms with E-state index in [1.54, 1.807) is 0 Å². The van der Waals surface area contributed by atoms with E-state index in [2.05, 4.69) is 0 Å². The molecule has 23 heavy (non-hydrogen) atoms. The highest BCUT2D eigenvalue weighted by Crippen LogP contribution is 2.09. The minimum absolute atomic E-state index is 0.0525. The van der Waals surface area contributed by atoms with Crippen LogP contribution in [0.25, 0.3) is 0 Å². The van der Waals surface area contributed by atoms with Crippen LogP contribution in [0.2, 0.25) is 0 Å². The first-order chi connectivity index (χ1) is 10.9. The SMILES string of the molecule is CCOC(C)C(Cl)Cl.CCOCC.CCOCC.CCOCC. The largest absolute Gasteiger partial charge is 0.382 e. The molecule has 0 aromatic carbocycles. The van der Waals surface area contributed by atoms with E-state index in [9.17, 15) is 0 Å². The van der Waals surface area contributed by atoms with Crippen molar-refractivity contribution < 1.29 is 18.9 Å². The third-order valence-corrected chi connectivity index (χ3v) is 2.72. The van der Waals surface area contributed by atoms with E-state index >= 15 is 0 Å². The van der Waals surface area contributed by atoms with E-state index in [0.29, 0.717) is 6.61 Å². The monoisotopic (exact) mass is 378 g/mol. The molecule has 1 atom stereocenters. The second-order valence-electron chi connectivity index (χ2n) is 3.84. The van der Waals surface area contributed by atoms with Crippen LogP contribution in [-0.4, -0.2) is 57.2 Å². The molecule has 0 bridgehead atoms. The highest BCUT2D eigenvalue weighted by Gasteiger charge is 2.08. The Morgan fingerprint density at radius 1 is 0.565 bits per heavy atom. The Hall–Kier alpha value is 0.420. The van der Waals surface area contributed by atoms with Crippen molar-refractivity contribution in [1.82, 2.24) is 0 Å². The van der Waals surface area contributed by atoms with Gasteiger partial charge in [0.05, 0.1) is 6.10 Å². The van der Waals surface area contributed by atoms with E-state index in [1.807, 2.05) is 55.4 Å². The molecule has 0 saturated carbocycles. The van der Waals surface area contributed by atoms with Crippen molar-refractivity contribution >= 4 is 23.2 Å². The zero-order valence-electron chi connectivity index (χ0n) is 16.5. The Bertz CT molecular complexity index is 141. The molecular weight excluding hydrogens is 339 g/mol. The molecule has 0 spiro atoms. The number of alkyl halides is 2. The lowest BCUT2D eigenvalue weighted by atomic mass is 10.5. The molecule has 0 heterocycles. The van der Waals surface area contributed by atoms with E-state index in [4.69, 9.17) is 42.1 Å². The molecule has 146 valence electrons. The average molecular weight is 379 g/mol. The third-order valence-electron chi connectivity index (χ3n) is 2.01. The van der Waals surface area contributed by atoms with Crippen LogP contribution in [0.5, 0.6) is 0 Å². The number of ether oxygens (including phenoxy) is 4. The molecule has 0 aromatic heterocycles. The van der Waals surface area contributed by atoms with Gasteiger partial charge in [-0.25, -0.2) is 0 Å². The van der Waals surface area contributed by atoms with Crippen LogP contribution in [-0.2, 0) is 18.9 Å². The number of halogens is 2. The summed E-state index contributed by atoms with van der Waals surface area (Å²) in [5.41, 5.74) is 0. The molecule has 0 aliphatic carbocycles. The maximum atomic E-state index is 5.45. The predicted octanol–water partition coefficient (Wildman–Crippen LogP) is 5.34. The van der Waals surface area contributed by atoms with Crippen LogP contribution in [0.15, 0.2) is 0 Å². The Kier molecular flexibility index (Phi) is 46.0. The topological polar surface area (TPSA) is 36.9 Å². The molecule has 0 saturated heterocycles. The van der Waals surface area contributed by atoms with Gasteiger partial charge in [-0.2, -0.15) is 0 Å². The molecule has 0 aromatic rings. The van der Waals surface area contributed by atoms with Gasteiger partial charge in [0.2, 0.25) is 0 Å². The fraction of sp³-hybridized carbons (Fsp3) is 1.00. The third kappa shape index (κ3) is 51.9. The lowest BCUT2D eigenvalue weighted by Crippen LogP contribution is -2.15. The van der Waals surface area contributed by atoms with Gasteiger partial charge in [0.1, 0.15) is 4.84 Å². The molecule has 0 rings (SSSR count). The van der Waals surface area contributed by atoms with Gasteiger partial charge in [-0.1, -0.05) is 0 Å². The Morgan fingerprint density at radius 3 is 0.870 bits per heavy atom. The van der Waals surface area contributed by atoms with Crippen LogP contribution < -0.4 is 0 Å². The molecule has 0 amide bonds. The maximum Gasteiger partial charge on any atom is 0.133 e. The molecule has 4 nitrogen and oxygen atoms in total. The summed E-state index contributed by atoms with van der Waals surface area (Å²) in [7, 11) is 0. The van der Waals surface area contributed by atoms with Crippen molar-refractivity contribution in [3.63, 3.8) is 0 Å². The summed E-state index contributed by atoms with van der Waals surface area (Å²) < 4.78 is 19.5. The van der Waals surface area contributed by atoms with Crippen LogP contribution in [0.1, 0.15) is 55.4 Å². The van der Waals surface area contributed by atoms with Crippen molar-refractivity contribution in [3.05, 3.63) is 0 Å². The minimum Gasteiger partial charge on any atom is -0.382 e. The zero-order chi connectivity index (χ0) is 18.9. The highest BCUT2D eigenvalue weighted by molar-refractivity contribution is 6.44. The Labute approximate surface area is 155 Å². The van der Waals surface area contributed by atoms with Crippen LogP contribution in [0, 0.1) is 0 Å². The molecule has 0 N–H and O–H groups in total. The van der Waals surface area contributed by atoms with Crippen LogP contribution in [0.4, 0.5) is 0 Å². The molecule has 0 aliphatic rings. The summed E-state index contributed by atoms with van der Waals surface area (Å²) in [6, 6.07) is 0. The van der Waals surface area contributed by atoms with E-state index in [1.165, 1.54) is 0 Å². The van der Waals surface area contributed by atoms with Crippen molar-refractivity contribution in [3.8, 4) is 0 Å². The molecular formula is C17H40Cl2O4. The summed E-state index contributed by atoms with van der Waals surface area (Å²) in [5.74, 6) is 0. The molecule has 6 heteroatoms. The van der Waals surface area contributed by atoms with Crippen molar-refractivity contribution in [1.29, 1.82) is 0 Å². The predicted molar refractivity (Wildman–Crippen MR) is 103 cm³/mol. The lowest BCUT2D eigenvalue weighted by molar-refractivity contribution is 0.0859. The minimum atomic E-state index is -0.407. The van der Waals surface area contributed by atoms with Gasteiger partial charge in [-0.15, -0.1) is 23.2 Å². The molecule has 1 unspecified atom stereocenters. The second-order valence-corrected chi connectivity index (χ2v) is 5.00. The standard InChI is InChI=1S/C5H10Cl2O.3C4H10O/c1-3-8-4(2)5(6)7;3*1-3-5-4-2/h4-5H,3H2,1-2H3;3*3-4H2,1-2H3. The fourth-order valence-electron chi connectivity index (χ4n) is 0.948. The van der Waals surface area contributed by atoms with Gasteiger partial charge in [0, 0.05) is 46.2 Å². The van der Waals surface area contributed by atoms with Gasteiger partial charge >= 0.3 is 0 Å². The fourth-order valence-corrected chi connectivity index (χ4v) is 1.09. The van der Waals surface area contributed by atoms with E-state index < -0.39 is 4.84 Å². The van der Waals surface area contributed by atoms with Crippen molar-refractivity contribution in [2.45, 2.75) is 66.3 Å². The summed E-state index contributed by atoms with van der Waals surface area (Å²) in [4.78, 5) is -0.407. The van der Waals surface area contributed by atoms with E-state index in [0.717, 1.165) is 39.6 Å². The van der Waals surface area contributed by atoms with Crippen molar-refractivity contribution in [2.75, 3.05) is 46.2 Å². The summed E-state index contributed by atoms with van der Waals surface area (Å²) in [6.45, 7) is 21.4. The lowest BCUT2D eigenvalue weighted by Gasteiger charge is -2.10. The van der Waals surface area contributed by atoms with Gasteiger partial charge in [-0.3, -0.25) is 0 Å². The Morgan fingerprint density at radius 2 is 0.826 bits per heavy atom. The number of hydrogen-bond donors (Lipinski definition) is 0. The number of hydrogen-bond acceptors (Lipinski definition) is 4. The highest BCUT2D eigenvalue weighted by atomic mass is 35.5. The van der Waals surface area contributed by atoms with Gasteiger partial charge in [0.15, 0.2) is 0 Å².